The van der Waals surface area contributed by atoms with Crippen molar-refractivity contribution < 1.29 is 69.0 Å². The molecule has 2 aliphatic rings. The highest BCUT2D eigenvalue weighted by Crippen LogP contribution is 2.27. The van der Waals surface area contributed by atoms with Gasteiger partial charge < -0.3 is 64.2 Å². The maximum absolute atomic E-state index is 13.2. The molecule has 14 heteroatoms. The van der Waals surface area contributed by atoms with E-state index in [4.69, 9.17) is 28.4 Å². The van der Waals surface area contributed by atoms with Gasteiger partial charge in [0, 0.05) is 13.0 Å². The molecule has 2 rings (SSSR count). The first-order valence-corrected chi connectivity index (χ1v) is 35.9. The Bertz CT molecular complexity index is 1500. The number of unbranched alkanes of at least 4 members (excludes halogenated alkanes) is 43. The van der Waals surface area contributed by atoms with E-state index in [1.807, 2.05) is 0 Å². The first-order valence-electron chi connectivity index (χ1n) is 35.9. The summed E-state index contributed by atoms with van der Waals surface area (Å²) < 4.78 is 34.6. The van der Waals surface area contributed by atoms with Gasteiger partial charge in [-0.1, -0.05) is 295 Å². The van der Waals surface area contributed by atoms with E-state index in [0.29, 0.717) is 13.0 Å². The second-order valence-electron chi connectivity index (χ2n) is 25.4. The number of hydrogen-bond acceptors (Lipinski definition) is 14. The fraction of sp³-hybridized carbons (Fsp3) is 0.930. The zero-order valence-corrected chi connectivity index (χ0v) is 54.6. The van der Waals surface area contributed by atoms with Gasteiger partial charge >= 0.3 is 5.97 Å². The van der Waals surface area contributed by atoms with Gasteiger partial charge in [-0.15, -0.1) is 0 Å². The molecule has 2 aliphatic heterocycles. The summed E-state index contributed by atoms with van der Waals surface area (Å²) in [6.45, 7) is 3.77. The molecule has 0 radical (unpaired) electrons. The summed E-state index contributed by atoms with van der Waals surface area (Å²) in [5.74, 6) is -0.369. The van der Waals surface area contributed by atoms with Crippen LogP contribution in [0, 0.1) is 0 Å². The predicted octanol–water partition coefficient (Wildman–Crippen LogP) is 15.4. The topological polar surface area (TPSA) is 214 Å². The van der Waals surface area contributed by atoms with Gasteiger partial charge in [0.05, 0.1) is 26.4 Å². The minimum Gasteiger partial charge on any atom is -0.457 e. The van der Waals surface area contributed by atoms with Gasteiger partial charge in [-0.3, -0.25) is 4.79 Å². The lowest BCUT2D eigenvalue weighted by Gasteiger charge is -2.42. The highest BCUT2D eigenvalue weighted by Gasteiger charge is 2.47. The van der Waals surface area contributed by atoms with Crippen molar-refractivity contribution in [3.05, 3.63) is 24.3 Å². The Kier molecular flexibility index (Phi) is 53.9. The summed E-state index contributed by atoms with van der Waals surface area (Å²) in [6.07, 6.45) is 54.0. The second-order valence-corrected chi connectivity index (χ2v) is 25.4. The third-order valence-electron chi connectivity index (χ3n) is 17.5. The Balaban J connectivity index is 1.62. The molecule has 11 unspecified atom stereocenters. The molecule has 14 nitrogen and oxygen atoms in total. The van der Waals surface area contributed by atoms with Crippen molar-refractivity contribution in [2.24, 2.45) is 0 Å². The lowest BCUT2D eigenvalue weighted by Crippen LogP contribution is -2.61. The van der Waals surface area contributed by atoms with Crippen molar-refractivity contribution >= 4 is 5.97 Å². The van der Waals surface area contributed by atoms with Crippen LogP contribution < -0.4 is 0 Å². The van der Waals surface area contributed by atoms with Gasteiger partial charge in [0.15, 0.2) is 12.6 Å². The second kappa shape index (κ2) is 57.6. The van der Waals surface area contributed by atoms with E-state index in [2.05, 4.69) is 38.2 Å². The van der Waals surface area contributed by atoms with Gasteiger partial charge in [0.2, 0.25) is 0 Å². The Morgan fingerprint density at radius 3 is 1.13 bits per heavy atom. The summed E-state index contributed by atoms with van der Waals surface area (Å²) in [7, 11) is 0. The van der Waals surface area contributed by atoms with Crippen LogP contribution in [0.5, 0.6) is 0 Å². The zero-order valence-electron chi connectivity index (χ0n) is 54.6. The average molecular weight is 1210 g/mol. The Morgan fingerprint density at radius 1 is 0.388 bits per heavy atom. The first kappa shape index (κ1) is 79.6. The lowest BCUT2D eigenvalue weighted by molar-refractivity contribution is -0.332. The summed E-state index contributed by atoms with van der Waals surface area (Å²) in [5.41, 5.74) is 0. The highest BCUT2D eigenvalue weighted by atomic mass is 16.7. The normalized spacial score (nSPS) is 23.2. The van der Waals surface area contributed by atoms with E-state index in [1.165, 1.54) is 250 Å². The Morgan fingerprint density at radius 2 is 0.729 bits per heavy atom. The van der Waals surface area contributed by atoms with Crippen LogP contribution in [0.15, 0.2) is 24.3 Å². The molecule has 2 heterocycles. The van der Waals surface area contributed by atoms with Gasteiger partial charge in [-0.2, -0.15) is 0 Å². The Hall–Kier alpha value is -1.53. The molecular formula is C71H134O14. The maximum atomic E-state index is 13.2. The van der Waals surface area contributed by atoms with Crippen molar-refractivity contribution in [1.82, 2.24) is 0 Å². The van der Waals surface area contributed by atoms with Gasteiger partial charge in [-0.25, -0.2) is 0 Å². The molecule has 7 N–H and O–H groups in total. The van der Waals surface area contributed by atoms with Crippen LogP contribution in [-0.4, -0.2) is 142 Å². The Labute approximate surface area is 519 Å². The smallest absolute Gasteiger partial charge is 0.306 e. The lowest BCUT2D eigenvalue weighted by atomic mass is 9.98. The largest absolute Gasteiger partial charge is 0.457 e. The molecule has 0 saturated carbocycles. The van der Waals surface area contributed by atoms with Crippen LogP contribution in [0.3, 0.4) is 0 Å². The van der Waals surface area contributed by atoms with Crippen molar-refractivity contribution in [2.45, 2.75) is 390 Å². The number of carbonyl (C=O) groups excluding carboxylic acids is 1. The van der Waals surface area contributed by atoms with Crippen molar-refractivity contribution in [3.63, 3.8) is 0 Å². The molecule has 0 spiro atoms. The van der Waals surface area contributed by atoms with E-state index < -0.39 is 80.7 Å². The molecule has 2 saturated heterocycles. The summed E-state index contributed by atoms with van der Waals surface area (Å²) in [4.78, 5) is 13.2. The number of esters is 1. The fourth-order valence-corrected chi connectivity index (χ4v) is 11.7. The molecular weight excluding hydrogens is 1080 g/mol. The number of ether oxygens (including phenoxy) is 6. The molecule has 85 heavy (non-hydrogen) atoms. The molecule has 11 atom stereocenters. The first-order chi connectivity index (χ1) is 41.6. The minimum atomic E-state index is -1.71. The quantitative estimate of drug-likeness (QED) is 0.0171. The van der Waals surface area contributed by atoms with E-state index in [1.54, 1.807) is 0 Å². The number of rotatable bonds is 61. The predicted molar refractivity (Wildman–Crippen MR) is 344 cm³/mol. The molecule has 502 valence electrons. The third kappa shape index (κ3) is 43.0. The van der Waals surface area contributed by atoms with Crippen LogP contribution in [0.1, 0.15) is 322 Å². The number of carbonyl (C=O) groups is 1. The van der Waals surface area contributed by atoms with Crippen molar-refractivity contribution in [3.8, 4) is 0 Å². The molecule has 0 bridgehead atoms. The van der Waals surface area contributed by atoms with E-state index in [9.17, 15) is 40.5 Å². The number of hydrogen-bond donors (Lipinski definition) is 7. The van der Waals surface area contributed by atoms with Crippen LogP contribution in [0.2, 0.25) is 0 Å². The average Bonchev–Trinajstić information content (AvgIpc) is 3.68. The fourth-order valence-electron chi connectivity index (χ4n) is 11.7. The van der Waals surface area contributed by atoms with Crippen LogP contribution in [0.25, 0.3) is 0 Å². The molecule has 0 amide bonds. The SMILES string of the molecule is CCCCCCC/C=C\C/C=C\CCCCCCCCCCCCCCCC(=O)OC(COCCCCCCCCCCCCCCCCCCCCCCCCCCCC)COC1OC(COC2OC(CO)C(O)C(O)C2O)C(O)C(O)C1O. The van der Waals surface area contributed by atoms with Crippen LogP contribution in [0.4, 0.5) is 0 Å². The zero-order chi connectivity index (χ0) is 61.5. The maximum Gasteiger partial charge on any atom is 0.306 e. The van der Waals surface area contributed by atoms with E-state index >= 15 is 0 Å². The van der Waals surface area contributed by atoms with Gasteiger partial charge in [0.25, 0.3) is 0 Å². The van der Waals surface area contributed by atoms with Crippen molar-refractivity contribution in [2.75, 3.05) is 33.0 Å². The van der Waals surface area contributed by atoms with Gasteiger partial charge in [0.1, 0.15) is 54.9 Å². The summed E-state index contributed by atoms with van der Waals surface area (Å²) >= 11 is 0. The third-order valence-corrected chi connectivity index (χ3v) is 17.5. The number of aliphatic hydroxyl groups is 7. The summed E-state index contributed by atoms with van der Waals surface area (Å²) in [6, 6.07) is 0. The van der Waals surface area contributed by atoms with Crippen molar-refractivity contribution in [1.29, 1.82) is 0 Å². The molecule has 0 aromatic carbocycles. The molecule has 0 aliphatic carbocycles. The number of allylic oxidation sites excluding steroid dienone is 4. The molecule has 0 aromatic rings. The van der Waals surface area contributed by atoms with Gasteiger partial charge in [-0.05, 0) is 44.9 Å². The monoisotopic (exact) mass is 1210 g/mol. The van der Waals surface area contributed by atoms with E-state index in [-0.39, 0.29) is 25.6 Å². The summed E-state index contributed by atoms with van der Waals surface area (Å²) in [5, 5.41) is 72.7. The molecule has 0 aromatic heterocycles. The van der Waals surface area contributed by atoms with E-state index in [0.717, 1.165) is 44.9 Å². The number of aliphatic hydroxyl groups excluding tert-OH is 7. The standard InChI is InChI=1S/C71H134O14/c1-3-5-7-9-11-13-15-17-19-21-23-25-27-29-31-33-35-37-39-41-43-45-47-49-51-53-55-80-57-60(58-81-70-69(79)67(77)65(75)62(85-70)59-82-71-68(78)66(76)64(74)61(56-72)84-71)83-63(73)54-52-50-48-46-44-42-40-38-36-34-32-30-28-26-24-22-20-18-16-14-12-10-8-6-4-2/h16,18,22,24,60-62,64-72,74-79H,3-15,17,19-21,23,25-59H2,1-2H3/b18-16-,24-22-. The molecule has 2 fully saturated rings. The minimum absolute atomic E-state index is 0.0675. The van der Waals surface area contributed by atoms with Crippen LogP contribution in [-0.2, 0) is 33.2 Å². The van der Waals surface area contributed by atoms with Crippen LogP contribution >= 0.6 is 0 Å². The highest BCUT2D eigenvalue weighted by molar-refractivity contribution is 5.69.